The van der Waals surface area contributed by atoms with E-state index in [1.165, 1.54) is 0 Å². The lowest BCUT2D eigenvalue weighted by molar-refractivity contribution is -0.116. The van der Waals surface area contributed by atoms with E-state index in [0.29, 0.717) is 12.2 Å². The molecule has 122 valence electrons. The minimum atomic E-state index is 0.0156. The highest BCUT2D eigenvalue weighted by molar-refractivity contribution is 8.00. The lowest BCUT2D eigenvalue weighted by Gasteiger charge is -2.07. The van der Waals surface area contributed by atoms with Crippen LogP contribution in [-0.2, 0) is 4.79 Å². The summed E-state index contributed by atoms with van der Waals surface area (Å²) >= 11 is 1.56. The molecule has 0 spiro atoms. The molecule has 1 aliphatic carbocycles. The highest BCUT2D eigenvalue weighted by Gasteiger charge is 2.28. The van der Waals surface area contributed by atoms with Gasteiger partial charge in [0.25, 0.3) is 0 Å². The Balaban J connectivity index is 1.89. The monoisotopic (exact) mass is 337 g/mol. The molecule has 0 bridgehead atoms. The summed E-state index contributed by atoms with van der Waals surface area (Å²) in [6, 6.07) is 12.3. The third-order valence-corrected chi connectivity index (χ3v) is 5.68. The Labute approximate surface area is 145 Å². The molecule has 2 heterocycles. The molecule has 0 amide bonds. The fourth-order valence-electron chi connectivity index (χ4n) is 3.32. The van der Waals surface area contributed by atoms with Crippen molar-refractivity contribution < 1.29 is 4.79 Å². The standard InChI is InChI=1S/C19H19N3OS/c1-12-11-13(2)21-22-18(12)17(14-7-4-3-5-8-14)20-19(22)24-16-10-6-9-15(16)23/h3-5,7-8,11,16H,6,9-10H2,1-2H3/t16-/m0/s1. The lowest BCUT2D eigenvalue weighted by Crippen LogP contribution is -2.09. The fraction of sp³-hybridized carbons (Fsp3) is 0.316. The van der Waals surface area contributed by atoms with Gasteiger partial charge in [0.15, 0.2) is 5.16 Å². The number of carbonyl (C=O) groups excluding carboxylic acids is 1. The first-order chi connectivity index (χ1) is 11.6. The molecule has 4 rings (SSSR count). The predicted molar refractivity (Wildman–Crippen MR) is 96.4 cm³/mol. The number of nitrogens with zero attached hydrogens (tertiary/aromatic N) is 3. The molecule has 1 aromatic carbocycles. The Hall–Kier alpha value is -2.14. The number of Topliss-reactive ketones (excluding diaryl/α,β-unsaturated/α-hetero) is 1. The summed E-state index contributed by atoms with van der Waals surface area (Å²) < 4.78 is 1.92. The zero-order valence-corrected chi connectivity index (χ0v) is 14.6. The molecule has 4 nitrogen and oxygen atoms in total. The Morgan fingerprint density at radius 1 is 1.21 bits per heavy atom. The van der Waals surface area contributed by atoms with E-state index in [1.807, 2.05) is 29.6 Å². The van der Waals surface area contributed by atoms with Gasteiger partial charge in [0.05, 0.1) is 22.2 Å². The Bertz CT molecular complexity index is 917. The maximum Gasteiger partial charge on any atom is 0.190 e. The van der Waals surface area contributed by atoms with E-state index < -0.39 is 0 Å². The largest absolute Gasteiger partial charge is 0.298 e. The van der Waals surface area contributed by atoms with E-state index >= 15 is 0 Å². The summed E-state index contributed by atoms with van der Waals surface area (Å²) in [5.74, 6) is 0.336. The Kier molecular flexibility index (Phi) is 3.88. The maximum atomic E-state index is 12.0. The van der Waals surface area contributed by atoms with Crippen LogP contribution < -0.4 is 0 Å². The molecule has 1 fully saturated rings. The molecule has 0 radical (unpaired) electrons. The molecular formula is C19H19N3OS. The van der Waals surface area contributed by atoms with Crippen LogP contribution in [0.25, 0.3) is 16.8 Å². The van der Waals surface area contributed by atoms with Crippen LogP contribution in [0.3, 0.4) is 0 Å². The average Bonchev–Trinajstić information content (AvgIpc) is 3.13. The summed E-state index contributed by atoms with van der Waals surface area (Å²) in [5.41, 5.74) is 5.15. The second-order valence-corrected chi connectivity index (χ2v) is 7.47. The first-order valence-electron chi connectivity index (χ1n) is 8.25. The number of rotatable bonds is 3. The van der Waals surface area contributed by atoms with Crippen molar-refractivity contribution in [3.8, 4) is 11.3 Å². The first kappa shape index (κ1) is 15.4. The minimum Gasteiger partial charge on any atom is -0.298 e. The highest BCUT2D eigenvalue weighted by Crippen LogP contribution is 2.36. The molecule has 1 aliphatic rings. The molecule has 1 saturated carbocycles. The molecule has 24 heavy (non-hydrogen) atoms. The van der Waals surface area contributed by atoms with Crippen LogP contribution >= 0.6 is 11.8 Å². The van der Waals surface area contributed by atoms with Gasteiger partial charge in [0.1, 0.15) is 5.78 Å². The van der Waals surface area contributed by atoms with Gasteiger partial charge in [-0.05, 0) is 38.3 Å². The second-order valence-electron chi connectivity index (χ2n) is 6.30. The third kappa shape index (κ3) is 2.63. The van der Waals surface area contributed by atoms with Crippen molar-refractivity contribution in [3.63, 3.8) is 0 Å². The highest BCUT2D eigenvalue weighted by atomic mass is 32.2. The summed E-state index contributed by atoms with van der Waals surface area (Å²) in [5, 5.41) is 5.50. The molecule has 2 aromatic heterocycles. The molecule has 0 saturated heterocycles. The van der Waals surface area contributed by atoms with E-state index in [-0.39, 0.29) is 5.25 Å². The molecule has 0 aliphatic heterocycles. The van der Waals surface area contributed by atoms with Gasteiger partial charge < -0.3 is 0 Å². The molecular weight excluding hydrogens is 318 g/mol. The number of carbonyl (C=O) groups is 1. The average molecular weight is 337 g/mol. The summed E-state index contributed by atoms with van der Waals surface area (Å²) in [4.78, 5) is 16.9. The summed E-state index contributed by atoms with van der Waals surface area (Å²) in [7, 11) is 0. The van der Waals surface area contributed by atoms with Crippen molar-refractivity contribution in [2.24, 2.45) is 0 Å². The Morgan fingerprint density at radius 3 is 2.71 bits per heavy atom. The normalized spacial score (nSPS) is 17.8. The summed E-state index contributed by atoms with van der Waals surface area (Å²) in [6.45, 7) is 4.08. The molecule has 0 unspecified atom stereocenters. The van der Waals surface area contributed by atoms with Gasteiger partial charge in [-0.15, -0.1) is 0 Å². The number of benzene rings is 1. The summed E-state index contributed by atoms with van der Waals surface area (Å²) in [6.07, 6.45) is 2.61. The topological polar surface area (TPSA) is 47.3 Å². The zero-order chi connectivity index (χ0) is 16.7. The molecule has 5 heteroatoms. The van der Waals surface area contributed by atoms with Crippen molar-refractivity contribution in [2.45, 2.75) is 43.5 Å². The SMILES string of the molecule is Cc1cc(C)c2c(-c3ccccc3)nc(S[C@H]3CCCC3=O)n2n1. The third-order valence-electron chi connectivity index (χ3n) is 4.42. The van der Waals surface area contributed by atoms with E-state index in [9.17, 15) is 4.79 Å². The van der Waals surface area contributed by atoms with Crippen molar-refractivity contribution in [3.05, 3.63) is 47.7 Å². The van der Waals surface area contributed by atoms with Gasteiger partial charge in [0, 0.05) is 12.0 Å². The number of ketones is 1. The van der Waals surface area contributed by atoms with Gasteiger partial charge in [-0.2, -0.15) is 5.10 Å². The van der Waals surface area contributed by atoms with Gasteiger partial charge >= 0.3 is 0 Å². The minimum absolute atomic E-state index is 0.0156. The maximum absolute atomic E-state index is 12.0. The van der Waals surface area contributed by atoms with Crippen LogP contribution in [-0.4, -0.2) is 25.6 Å². The van der Waals surface area contributed by atoms with Crippen LogP contribution in [0.2, 0.25) is 0 Å². The quantitative estimate of drug-likeness (QED) is 0.718. The fourth-order valence-corrected chi connectivity index (χ4v) is 4.48. The van der Waals surface area contributed by atoms with Crippen LogP contribution in [0.4, 0.5) is 0 Å². The predicted octanol–water partition coefficient (Wildman–Crippen LogP) is 4.23. The van der Waals surface area contributed by atoms with Crippen LogP contribution in [0, 0.1) is 13.8 Å². The number of aromatic nitrogens is 3. The zero-order valence-electron chi connectivity index (χ0n) is 13.8. The van der Waals surface area contributed by atoms with Gasteiger partial charge in [-0.1, -0.05) is 42.1 Å². The lowest BCUT2D eigenvalue weighted by atomic mass is 10.1. The van der Waals surface area contributed by atoms with Gasteiger partial charge in [0.2, 0.25) is 0 Å². The molecule has 3 aromatic rings. The smallest absolute Gasteiger partial charge is 0.190 e. The van der Waals surface area contributed by atoms with Crippen LogP contribution in [0.1, 0.15) is 30.5 Å². The van der Waals surface area contributed by atoms with Crippen molar-refractivity contribution in [1.29, 1.82) is 0 Å². The number of hydrogen-bond acceptors (Lipinski definition) is 4. The van der Waals surface area contributed by atoms with Crippen LogP contribution in [0.15, 0.2) is 41.6 Å². The Morgan fingerprint density at radius 2 is 2.00 bits per heavy atom. The van der Waals surface area contributed by atoms with E-state index in [1.54, 1.807) is 11.8 Å². The molecule has 1 atom stereocenters. The number of thioether (sulfide) groups is 1. The van der Waals surface area contributed by atoms with Crippen molar-refractivity contribution >= 4 is 23.1 Å². The molecule has 0 N–H and O–H groups in total. The number of fused-ring (bicyclic) bond motifs is 1. The number of imidazole rings is 1. The van der Waals surface area contributed by atoms with E-state index in [2.05, 4.69) is 30.2 Å². The van der Waals surface area contributed by atoms with Crippen LogP contribution in [0.5, 0.6) is 0 Å². The van der Waals surface area contributed by atoms with E-state index in [0.717, 1.165) is 46.0 Å². The van der Waals surface area contributed by atoms with Crippen molar-refractivity contribution in [1.82, 2.24) is 14.6 Å². The van der Waals surface area contributed by atoms with E-state index in [4.69, 9.17) is 4.98 Å². The number of hydrogen-bond donors (Lipinski definition) is 0. The first-order valence-corrected chi connectivity index (χ1v) is 9.13. The van der Waals surface area contributed by atoms with Gasteiger partial charge in [-0.25, -0.2) is 9.50 Å². The van der Waals surface area contributed by atoms with Crippen molar-refractivity contribution in [2.75, 3.05) is 0 Å². The van der Waals surface area contributed by atoms with Gasteiger partial charge in [-0.3, -0.25) is 4.79 Å². The number of aryl methyl sites for hydroxylation is 2. The second kappa shape index (κ2) is 6.06.